The third-order valence-corrected chi connectivity index (χ3v) is 4.18. The summed E-state index contributed by atoms with van der Waals surface area (Å²) in [6.07, 6.45) is 5.09. The predicted octanol–water partition coefficient (Wildman–Crippen LogP) is 5.72. The van der Waals surface area contributed by atoms with E-state index in [0.717, 1.165) is 28.6 Å². The average molecular weight is 318 g/mol. The molecule has 1 unspecified atom stereocenters. The summed E-state index contributed by atoms with van der Waals surface area (Å²) >= 11 is 9.63. The van der Waals surface area contributed by atoms with Crippen LogP contribution in [-0.2, 0) is 6.42 Å². The first-order chi connectivity index (χ1) is 8.11. The molecule has 0 bridgehead atoms. The van der Waals surface area contributed by atoms with Crippen LogP contribution in [0.1, 0.15) is 38.7 Å². The summed E-state index contributed by atoms with van der Waals surface area (Å²) < 4.78 is 0. The van der Waals surface area contributed by atoms with Crippen LogP contribution in [0.3, 0.4) is 0 Å². The molecule has 0 radical (unpaired) electrons. The molecular formula is C15H22BrCl. The molecule has 0 aromatic heterocycles. The summed E-state index contributed by atoms with van der Waals surface area (Å²) in [5.41, 5.74) is 1.35. The molecule has 2 heteroatoms. The minimum absolute atomic E-state index is 0.729. The SMILES string of the molecule is CC(C)CCCC(CBr)Cc1cccc(Cl)c1. The fourth-order valence-corrected chi connectivity index (χ4v) is 2.81. The lowest BCUT2D eigenvalue weighted by Crippen LogP contribution is -2.07. The van der Waals surface area contributed by atoms with Gasteiger partial charge < -0.3 is 0 Å². The first kappa shape index (κ1) is 15.0. The van der Waals surface area contributed by atoms with E-state index in [2.05, 4.69) is 41.9 Å². The van der Waals surface area contributed by atoms with E-state index in [1.54, 1.807) is 0 Å². The molecule has 1 aromatic rings. The van der Waals surface area contributed by atoms with E-state index in [4.69, 9.17) is 11.6 Å². The number of benzene rings is 1. The number of hydrogen-bond donors (Lipinski definition) is 0. The second-order valence-electron chi connectivity index (χ2n) is 5.18. The lowest BCUT2D eigenvalue weighted by Gasteiger charge is -2.15. The van der Waals surface area contributed by atoms with E-state index in [1.165, 1.54) is 24.8 Å². The lowest BCUT2D eigenvalue weighted by molar-refractivity contribution is 0.462. The molecular weight excluding hydrogens is 296 g/mol. The Bertz CT molecular complexity index is 322. The Morgan fingerprint density at radius 1 is 1.24 bits per heavy atom. The highest BCUT2D eigenvalue weighted by Gasteiger charge is 2.09. The molecule has 0 saturated carbocycles. The van der Waals surface area contributed by atoms with Gasteiger partial charge in [0.1, 0.15) is 0 Å². The van der Waals surface area contributed by atoms with Crippen molar-refractivity contribution in [1.82, 2.24) is 0 Å². The molecule has 0 aliphatic rings. The highest BCUT2D eigenvalue weighted by molar-refractivity contribution is 9.09. The molecule has 0 spiro atoms. The zero-order valence-corrected chi connectivity index (χ0v) is 13.1. The molecule has 0 aliphatic heterocycles. The fraction of sp³-hybridized carbons (Fsp3) is 0.600. The van der Waals surface area contributed by atoms with Gasteiger partial charge in [-0.25, -0.2) is 0 Å². The van der Waals surface area contributed by atoms with Crippen molar-refractivity contribution < 1.29 is 0 Å². The van der Waals surface area contributed by atoms with Gasteiger partial charge in [-0.05, 0) is 42.4 Å². The van der Waals surface area contributed by atoms with Crippen LogP contribution in [0.25, 0.3) is 0 Å². The van der Waals surface area contributed by atoms with Gasteiger partial charge in [-0.2, -0.15) is 0 Å². The average Bonchev–Trinajstić information content (AvgIpc) is 2.27. The Hall–Kier alpha value is -0.0100. The Morgan fingerprint density at radius 2 is 2.00 bits per heavy atom. The maximum atomic E-state index is 6.01. The monoisotopic (exact) mass is 316 g/mol. The molecule has 0 nitrogen and oxygen atoms in total. The van der Waals surface area contributed by atoms with Crippen LogP contribution in [-0.4, -0.2) is 5.33 Å². The Morgan fingerprint density at radius 3 is 2.59 bits per heavy atom. The highest BCUT2D eigenvalue weighted by atomic mass is 79.9. The predicted molar refractivity (Wildman–Crippen MR) is 81.1 cm³/mol. The number of hydrogen-bond acceptors (Lipinski definition) is 0. The van der Waals surface area contributed by atoms with Gasteiger partial charge in [0.25, 0.3) is 0 Å². The van der Waals surface area contributed by atoms with E-state index in [-0.39, 0.29) is 0 Å². The van der Waals surface area contributed by atoms with Crippen molar-refractivity contribution in [1.29, 1.82) is 0 Å². The fourth-order valence-electron chi connectivity index (χ4n) is 2.05. The van der Waals surface area contributed by atoms with Crippen LogP contribution in [0, 0.1) is 11.8 Å². The van der Waals surface area contributed by atoms with Gasteiger partial charge >= 0.3 is 0 Å². The maximum absolute atomic E-state index is 6.01. The van der Waals surface area contributed by atoms with Crippen LogP contribution in [0.5, 0.6) is 0 Å². The summed E-state index contributed by atoms with van der Waals surface area (Å²) in [6.45, 7) is 4.58. The highest BCUT2D eigenvalue weighted by Crippen LogP contribution is 2.21. The Kier molecular flexibility index (Phi) is 7.22. The van der Waals surface area contributed by atoms with Crippen molar-refractivity contribution in [3.05, 3.63) is 34.9 Å². The van der Waals surface area contributed by atoms with Crippen LogP contribution in [0.4, 0.5) is 0 Å². The molecule has 0 heterocycles. The van der Waals surface area contributed by atoms with E-state index < -0.39 is 0 Å². The van der Waals surface area contributed by atoms with Gasteiger partial charge in [-0.3, -0.25) is 0 Å². The van der Waals surface area contributed by atoms with E-state index in [1.807, 2.05) is 12.1 Å². The van der Waals surface area contributed by atoms with Crippen LogP contribution in [0.2, 0.25) is 5.02 Å². The van der Waals surface area contributed by atoms with Gasteiger partial charge in [-0.1, -0.05) is 66.4 Å². The van der Waals surface area contributed by atoms with Gasteiger partial charge in [0, 0.05) is 10.4 Å². The van der Waals surface area contributed by atoms with Gasteiger partial charge in [0.15, 0.2) is 0 Å². The molecule has 1 aromatic carbocycles. The molecule has 0 N–H and O–H groups in total. The van der Waals surface area contributed by atoms with Crippen molar-refractivity contribution in [3.8, 4) is 0 Å². The standard InChI is InChI=1S/C15H22BrCl/c1-12(2)5-3-7-14(11-16)9-13-6-4-8-15(17)10-13/h4,6,8,10,12,14H,3,5,7,9,11H2,1-2H3. The van der Waals surface area contributed by atoms with E-state index in [9.17, 15) is 0 Å². The van der Waals surface area contributed by atoms with E-state index >= 15 is 0 Å². The number of alkyl halides is 1. The molecule has 0 fully saturated rings. The van der Waals surface area contributed by atoms with Crippen molar-refractivity contribution in [3.63, 3.8) is 0 Å². The number of rotatable bonds is 7. The summed E-state index contributed by atoms with van der Waals surface area (Å²) in [5, 5.41) is 1.93. The first-order valence-electron chi connectivity index (χ1n) is 6.42. The third-order valence-electron chi connectivity index (χ3n) is 3.03. The van der Waals surface area contributed by atoms with Gasteiger partial charge in [0.05, 0.1) is 0 Å². The van der Waals surface area contributed by atoms with Gasteiger partial charge in [-0.15, -0.1) is 0 Å². The molecule has 96 valence electrons. The van der Waals surface area contributed by atoms with Crippen molar-refractivity contribution in [2.75, 3.05) is 5.33 Å². The maximum Gasteiger partial charge on any atom is 0.0408 e. The summed E-state index contributed by atoms with van der Waals surface area (Å²) in [7, 11) is 0. The summed E-state index contributed by atoms with van der Waals surface area (Å²) in [5.74, 6) is 1.55. The minimum Gasteiger partial charge on any atom is -0.0925 e. The molecule has 0 amide bonds. The molecule has 0 aliphatic carbocycles. The number of halogens is 2. The Balaban J connectivity index is 2.41. The molecule has 17 heavy (non-hydrogen) atoms. The van der Waals surface area contributed by atoms with Crippen molar-refractivity contribution >= 4 is 27.5 Å². The smallest absolute Gasteiger partial charge is 0.0408 e. The van der Waals surface area contributed by atoms with Gasteiger partial charge in [0.2, 0.25) is 0 Å². The van der Waals surface area contributed by atoms with Crippen LogP contribution in [0.15, 0.2) is 24.3 Å². The topological polar surface area (TPSA) is 0 Å². The normalized spacial score (nSPS) is 13.0. The molecule has 0 saturated heterocycles. The first-order valence-corrected chi connectivity index (χ1v) is 7.92. The van der Waals surface area contributed by atoms with Crippen molar-refractivity contribution in [2.45, 2.75) is 39.5 Å². The molecule has 1 rings (SSSR count). The minimum atomic E-state index is 0.729. The quantitative estimate of drug-likeness (QED) is 0.564. The van der Waals surface area contributed by atoms with Crippen molar-refractivity contribution in [2.24, 2.45) is 11.8 Å². The van der Waals surface area contributed by atoms with E-state index in [0.29, 0.717) is 0 Å². The Labute approximate surface area is 119 Å². The zero-order valence-electron chi connectivity index (χ0n) is 10.8. The second-order valence-corrected chi connectivity index (χ2v) is 6.26. The second kappa shape index (κ2) is 8.16. The summed E-state index contributed by atoms with van der Waals surface area (Å²) in [4.78, 5) is 0. The van der Waals surface area contributed by atoms with Crippen LogP contribution >= 0.6 is 27.5 Å². The lowest BCUT2D eigenvalue weighted by atomic mass is 9.94. The third kappa shape index (κ3) is 6.47. The zero-order chi connectivity index (χ0) is 12.7. The molecule has 1 atom stereocenters. The summed E-state index contributed by atoms with van der Waals surface area (Å²) in [6, 6.07) is 8.23. The van der Waals surface area contributed by atoms with Crippen LogP contribution < -0.4 is 0 Å². The largest absolute Gasteiger partial charge is 0.0925 e.